The molecule has 0 amide bonds. The van der Waals surface area contributed by atoms with E-state index in [-0.39, 0.29) is 0 Å². The van der Waals surface area contributed by atoms with Crippen LogP contribution in [0.25, 0.3) is 10.6 Å². The molecule has 0 atom stereocenters. The monoisotopic (exact) mass is 238 g/mol. The first kappa shape index (κ1) is 10.6. The molecular weight excluding hydrogens is 228 g/mol. The molecule has 1 aromatic carbocycles. The van der Waals surface area contributed by atoms with E-state index in [0.717, 1.165) is 10.6 Å². The summed E-state index contributed by atoms with van der Waals surface area (Å²) in [5.41, 5.74) is 4.87. The van der Waals surface area contributed by atoms with Crippen molar-refractivity contribution in [3.05, 3.63) is 34.1 Å². The highest BCUT2D eigenvalue weighted by atomic mass is 35.5. The summed E-state index contributed by atoms with van der Waals surface area (Å²) >= 11 is 7.08. The number of hydrogen-bond donors (Lipinski definition) is 0. The Labute approximate surface area is 98.1 Å². The van der Waals surface area contributed by atoms with Gasteiger partial charge in [-0.2, -0.15) is 4.37 Å². The van der Waals surface area contributed by atoms with Crippen molar-refractivity contribution < 1.29 is 0 Å². The summed E-state index contributed by atoms with van der Waals surface area (Å²) in [6.45, 7) is 6.27. The molecular formula is C11H11ClN2S. The van der Waals surface area contributed by atoms with Crippen LogP contribution in [0.15, 0.2) is 12.1 Å². The molecule has 0 spiro atoms. The number of hydrogen-bond acceptors (Lipinski definition) is 3. The zero-order valence-corrected chi connectivity index (χ0v) is 10.4. The van der Waals surface area contributed by atoms with E-state index in [0.29, 0.717) is 5.28 Å². The topological polar surface area (TPSA) is 25.8 Å². The van der Waals surface area contributed by atoms with Gasteiger partial charge in [0.1, 0.15) is 5.01 Å². The number of benzene rings is 1. The van der Waals surface area contributed by atoms with Gasteiger partial charge in [0, 0.05) is 5.56 Å². The second-order valence-electron chi connectivity index (χ2n) is 3.64. The Morgan fingerprint density at radius 2 is 1.73 bits per heavy atom. The molecule has 1 aromatic heterocycles. The molecule has 4 heteroatoms. The van der Waals surface area contributed by atoms with Gasteiger partial charge in [0.2, 0.25) is 5.28 Å². The summed E-state index contributed by atoms with van der Waals surface area (Å²) in [7, 11) is 0. The minimum atomic E-state index is 0.328. The van der Waals surface area contributed by atoms with Crippen LogP contribution >= 0.6 is 23.1 Å². The van der Waals surface area contributed by atoms with E-state index in [4.69, 9.17) is 11.6 Å². The van der Waals surface area contributed by atoms with Gasteiger partial charge in [-0.3, -0.25) is 0 Å². The van der Waals surface area contributed by atoms with E-state index in [1.165, 1.54) is 28.2 Å². The molecule has 0 saturated carbocycles. The van der Waals surface area contributed by atoms with Gasteiger partial charge in [-0.25, -0.2) is 4.98 Å². The maximum absolute atomic E-state index is 5.73. The van der Waals surface area contributed by atoms with Crippen molar-refractivity contribution in [2.24, 2.45) is 0 Å². The highest BCUT2D eigenvalue weighted by Crippen LogP contribution is 2.30. The molecule has 0 aliphatic rings. The van der Waals surface area contributed by atoms with Crippen molar-refractivity contribution in [2.75, 3.05) is 0 Å². The first-order chi connectivity index (χ1) is 7.08. The van der Waals surface area contributed by atoms with Crippen LogP contribution < -0.4 is 0 Å². The molecule has 0 fully saturated rings. The summed E-state index contributed by atoms with van der Waals surface area (Å²) in [5, 5.41) is 1.23. The zero-order chi connectivity index (χ0) is 11.0. The van der Waals surface area contributed by atoms with Gasteiger partial charge in [-0.15, -0.1) is 0 Å². The Kier molecular flexibility index (Phi) is 2.76. The third-order valence-corrected chi connectivity index (χ3v) is 3.29. The SMILES string of the molecule is Cc1cc(C)c(-c2nc(Cl)ns2)c(C)c1. The van der Waals surface area contributed by atoms with E-state index < -0.39 is 0 Å². The normalized spacial score (nSPS) is 10.7. The summed E-state index contributed by atoms with van der Waals surface area (Å²) < 4.78 is 3.99. The van der Waals surface area contributed by atoms with Gasteiger partial charge in [0.25, 0.3) is 0 Å². The maximum Gasteiger partial charge on any atom is 0.234 e. The third kappa shape index (κ3) is 2.03. The van der Waals surface area contributed by atoms with Crippen LogP contribution in [-0.2, 0) is 0 Å². The van der Waals surface area contributed by atoms with E-state index in [9.17, 15) is 0 Å². The fourth-order valence-corrected chi connectivity index (χ4v) is 2.81. The molecule has 0 N–H and O–H groups in total. The van der Waals surface area contributed by atoms with Crippen LogP contribution in [0, 0.1) is 20.8 Å². The molecule has 2 nitrogen and oxygen atoms in total. The van der Waals surface area contributed by atoms with Crippen molar-refractivity contribution >= 4 is 23.1 Å². The number of nitrogens with zero attached hydrogens (tertiary/aromatic N) is 2. The van der Waals surface area contributed by atoms with Crippen LogP contribution in [0.5, 0.6) is 0 Å². The molecule has 78 valence electrons. The average Bonchev–Trinajstić information content (AvgIpc) is 2.49. The zero-order valence-electron chi connectivity index (χ0n) is 8.84. The van der Waals surface area contributed by atoms with E-state index in [1.54, 1.807) is 0 Å². The first-order valence-electron chi connectivity index (χ1n) is 4.65. The second kappa shape index (κ2) is 3.91. The van der Waals surface area contributed by atoms with Crippen LogP contribution in [0.2, 0.25) is 5.28 Å². The van der Waals surface area contributed by atoms with Crippen LogP contribution in [-0.4, -0.2) is 9.36 Å². The summed E-state index contributed by atoms with van der Waals surface area (Å²) in [6.07, 6.45) is 0. The molecule has 0 bridgehead atoms. The number of aryl methyl sites for hydroxylation is 3. The minimum Gasteiger partial charge on any atom is -0.205 e. The number of rotatable bonds is 1. The van der Waals surface area contributed by atoms with Crippen LogP contribution in [0.1, 0.15) is 16.7 Å². The van der Waals surface area contributed by atoms with Crippen molar-refractivity contribution in [1.82, 2.24) is 9.36 Å². The van der Waals surface area contributed by atoms with Crippen LogP contribution in [0.4, 0.5) is 0 Å². The Morgan fingerprint density at radius 1 is 1.13 bits per heavy atom. The highest BCUT2D eigenvalue weighted by molar-refractivity contribution is 7.09. The van der Waals surface area contributed by atoms with Crippen molar-refractivity contribution in [2.45, 2.75) is 20.8 Å². The molecule has 2 rings (SSSR count). The van der Waals surface area contributed by atoms with Gasteiger partial charge in [-0.1, -0.05) is 17.7 Å². The smallest absolute Gasteiger partial charge is 0.205 e. The first-order valence-corrected chi connectivity index (χ1v) is 5.80. The van der Waals surface area contributed by atoms with Crippen molar-refractivity contribution in [1.29, 1.82) is 0 Å². The average molecular weight is 239 g/mol. The van der Waals surface area contributed by atoms with Crippen molar-refractivity contribution in [3.8, 4) is 10.6 Å². The Balaban J connectivity index is 2.62. The lowest BCUT2D eigenvalue weighted by Crippen LogP contribution is -1.89. The predicted octanol–water partition coefficient (Wildman–Crippen LogP) is 3.78. The van der Waals surface area contributed by atoms with Gasteiger partial charge in [-0.05, 0) is 55.0 Å². The van der Waals surface area contributed by atoms with Gasteiger partial charge >= 0.3 is 0 Å². The van der Waals surface area contributed by atoms with Crippen molar-refractivity contribution in [3.63, 3.8) is 0 Å². The maximum atomic E-state index is 5.73. The van der Waals surface area contributed by atoms with Gasteiger partial charge < -0.3 is 0 Å². The molecule has 2 aromatic rings. The largest absolute Gasteiger partial charge is 0.234 e. The Bertz CT molecular complexity index is 482. The lowest BCUT2D eigenvalue weighted by molar-refractivity contribution is 1.28. The molecule has 0 unspecified atom stereocenters. The Hall–Kier alpha value is -0.930. The Morgan fingerprint density at radius 3 is 2.20 bits per heavy atom. The molecule has 0 aliphatic carbocycles. The lowest BCUT2D eigenvalue weighted by atomic mass is 10.0. The summed E-state index contributed by atoms with van der Waals surface area (Å²) in [4.78, 5) is 4.21. The number of aromatic nitrogens is 2. The van der Waals surface area contributed by atoms with E-state index in [2.05, 4.69) is 42.3 Å². The fraction of sp³-hybridized carbons (Fsp3) is 0.273. The summed E-state index contributed by atoms with van der Waals surface area (Å²) in [5.74, 6) is 0. The molecule has 0 aliphatic heterocycles. The quantitative estimate of drug-likeness (QED) is 0.756. The second-order valence-corrected chi connectivity index (χ2v) is 4.73. The van der Waals surface area contributed by atoms with E-state index >= 15 is 0 Å². The molecule has 0 saturated heterocycles. The fourth-order valence-electron chi connectivity index (χ4n) is 1.82. The van der Waals surface area contributed by atoms with Gasteiger partial charge in [0.15, 0.2) is 0 Å². The minimum absolute atomic E-state index is 0.328. The summed E-state index contributed by atoms with van der Waals surface area (Å²) in [6, 6.07) is 4.30. The van der Waals surface area contributed by atoms with Crippen LogP contribution in [0.3, 0.4) is 0 Å². The van der Waals surface area contributed by atoms with Gasteiger partial charge in [0.05, 0.1) is 0 Å². The highest BCUT2D eigenvalue weighted by Gasteiger charge is 2.11. The third-order valence-electron chi connectivity index (χ3n) is 2.29. The van der Waals surface area contributed by atoms with E-state index in [1.807, 2.05) is 0 Å². The number of halogens is 1. The standard InChI is InChI=1S/C11H11ClN2S/c1-6-4-7(2)9(8(3)5-6)10-13-11(12)14-15-10/h4-5H,1-3H3. The molecule has 15 heavy (non-hydrogen) atoms. The molecule has 0 radical (unpaired) electrons. The lowest BCUT2D eigenvalue weighted by Gasteiger charge is -2.07. The molecule has 1 heterocycles. The predicted molar refractivity (Wildman–Crippen MR) is 64.6 cm³/mol.